The van der Waals surface area contributed by atoms with E-state index in [1.807, 2.05) is 13.8 Å². The molecule has 0 aliphatic carbocycles. The molecule has 0 aromatic heterocycles. The van der Waals surface area contributed by atoms with Crippen molar-refractivity contribution in [1.82, 2.24) is 0 Å². The van der Waals surface area contributed by atoms with Gasteiger partial charge in [0.2, 0.25) is 0 Å². The van der Waals surface area contributed by atoms with Crippen LogP contribution in [0.15, 0.2) is 0 Å². The van der Waals surface area contributed by atoms with Gasteiger partial charge in [0.25, 0.3) is 0 Å². The van der Waals surface area contributed by atoms with Gasteiger partial charge in [-0.1, -0.05) is 13.8 Å². The van der Waals surface area contributed by atoms with Gasteiger partial charge in [-0.2, -0.15) is 0 Å². The first-order valence-electron chi connectivity index (χ1n) is 4.62. The Morgan fingerprint density at radius 3 is 1.43 bits per heavy atom. The van der Waals surface area contributed by atoms with Crippen LogP contribution in [0.1, 0.15) is 26.7 Å². The van der Waals surface area contributed by atoms with Crippen molar-refractivity contribution in [1.29, 1.82) is 0 Å². The van der Waals surface area contributed by atoms with Crippen LogP contribution in [-0.4, -0.2) is 42.0 Å². The summed E-state index contributed by atoms with van der Waals surface area (Å²) in [5.41, 5.74) is 0. The Kier molecular flexibility index (Phi) is 11.2. The standard InChI is InChI=1S/C8H20O4Si.H2O/c1-5-7-11-13(9-3,10-4)12-8-6-2;/h5-8H2,1-4H3;1H2. The third kappa shape index (κ3) is 5.69. The summed E-state index contributed by atoms with van der Waals surface area (Å²) >= 11 is 0. The van der Waals surface area contributed by atoms with E-state index >= 15 is 0 Å². The molecule has 0 amide bonds. The van der Waals surface area contributed by atoms with E-state index in [-0.39, 0.29) is 5.48 Å². The van der Waals surface area contributed by atoms with Crippen LogP contribution in [0.5, 0.6) is 0 Å². The van der Waals surface area contributed by atoms with E-state index < -0.39 is 9.05 Å². The highest BCUT2D eigenvalue weighted by Crippen LogP contribution is 2.10. The molecule has 6 heteroatoms. The zero-order valence-electron chi connectivity index (χ0n) is 9.46. The molecule has 0 aromatic rings. The van der Waals surface area contributed by atoms with E-state index in [1.54, 1.807) is 14.2 Å². The Hall–Kier alpha value is 0.0169. The molecule has 0 aliphatic rings. The first-order valence-corrected chi connectivity index (χ1v) is 6.26. The van der Waals surface area contributed by atoms with Gasteiger partial charge in [0.15, 0.2) is 0 Å². The molecule has 0 atom stereocenters. The van der Waals surface area contributed by atoms with Gasteiger partial charge in [0.05, 0.1) is 0 Å². The van der Waals surface area contributed by atoms with Crippen molar-refractivity contribution in [2.24, 2.45) is 0 Å². The van der Waals surface area contributed by atoms with Crippen LogP contribution in [0.3, 0.4) is 0 Å². The fourth-order valence-corrected chi connectivity index (χ4v) is 2.44. The smallest absolute Gasteiger partial charge is 0.412 e. The van der Waals surface area contributed by atoms with E-state index in [0.717, 1.165) is 12.8 Å². The van der Waals surface area contributed by atoms with Crippen molar-refractivity contribution in [3.8, 4) is 0 Å². The molecule has 0 heterocycles. The third-order valence-electron chi connectivity index (χ3n) is 1.47. The highest BCUT2D eigenvalue weighted by molar-refractivity contribution is 6.53. The van der Waals surface area contributed by atoms with Crippen molar-refractivity contribution in [3.63, 3.8) is 0 Å². The van der Waals surface area contributed by atoms with Gasteiger partial charge in [0, 0.05) is 27.4 Å². The van der Waals surface area contributed by atoms with Crippen molar-refractivity contribution in [3.05, 3.63) is 0 Å². The lowest BCUT2D eigenvalue weighted by Crippen LogP contribution is -2.47. The molecule has 0 unspecified atom stereocenters. The van der Waals surface area contributed by atoms with Crippen molar-refractivity contribution < 1.29 is 23.2 Å². The molecule has 0 fully saturated rings. The minimum Gasteiger partial charge on any atom is -0.412 e. The van der Waals surface area contributed by atoms with E-state index in [1.165, 1.54) is 0 Å². The summed E-state index contributed by atoms with van der Waals surface area (Å²) in [5.74, 6) is 0. The predicted molar refractivity (Wildman–Crippen MR) is 55.9 cm³/mol. The fraction of sp³-hybridized carbons (Fsp3) is 1.00. The Morgan fingerprint density at radius 1 is 0.857 bits per heavy atom. The molecule has 0 aromatic carbocycles. The lowest BCUT2D eigenvalue weighted by molar-refractivity contribution is -0.00870. The maximum absolute atomic E-state index is 5.45. The summed E-state index contributed by atoms with van der Waals surface area (Å²) < 4.78 is 21.2. The Labute approximate surface area is 87.1 Å². The van der Waals surface area contributed by atoms with E-state index in [2.05, 4.69) is 0 Å². The zero-order chi connectivity index (χ0) is 10.2. The second-order valence-electron chi connectivity index (χ2n) is 2.61. The average Bonchev–Trinajstić information content (AvgIpc) is 2.20. The number of rotatable bonds is 8. The monoisotopic (exact) mass is 226 g/mol. The van der Waals surface area contributed by atoms with Gasteiger partial charge in [-0.15, -0.1) is 0 Å². The van der Waals surface area contributed by atoms with Crippen LogP contribution in [0.2, 0.25) is 0 Å². The van der Waals surface area contributed by atoms with Crippen LogP contribution in [0, 0.1) is 0 Å². The summed E-state index contributed by atoms with van der Waals surface area (Å²) in [4.78, 5) is 0. The van der Waals surface area contributed by atoms with Crippen LogP contribution in [0.4, 0.5) is 0 Å². The Balaban J connectivity index is 0. The lowest BCUT2D eigenvalue weighted by Gasteiger charge is -2.24. The fourth-order valence-electron chi connectivity index (χ4n) is 0.815. The maximum Gasteiger partial charge on any atom is 0.679 e. The number of hydrogen-bond acceptors (Lipinski definition) is 4. The van der Waals surface area contributed by atoms with Gasteiger partial charge >= 0.3 is 9.05 Å². The molecule has 5 nitrogen and oxygen atoms in total. The minimum atomic E-state index is -2.79. The molecule has 14 heavy (non-hydrogen) atoms. The van der Waals surface area contributed by atoms with E-state index in [4.69, 9.17) is 17.7 Å². The lowest BCUT2D eigenvalue weighted by atomic mass is 10.5. The first kappa shape index (κ1) is 16.4. The molecule has 88 valence electrons. The molecular weight excluding hydrogens is 204 g/mol. The SMILES string of the molecule is CCCO[Si](OC)(OC)OCCC.O. The zero-order valence-corrected chi connectivity index (χ0v) is 10.5. The topological polar surface area (TPSA) is 68.4 Å². The van der Waals surface area contributed by atoms with Crippen LogP contribution < -0.4 is 0 Å². The summed E-state index contributed by atoms with van der Waals surface area (Å²) in [6.45, 7) is 5.28. The molecule has 0 rings (SSSR count). The van der Waals surface area contributed by atoms with Crippen molar-refractivity contribution in [2.45, 2.75) is 26.7 Å². The van der Waals surface area contributed by atoms with Gasteiger partial charge < -0.3 is 23.2 Å². The molecule has 0 aliphatic heterocycles. The highest BCUT2D eigenvalue weighted by Gasteiger charge is 2.42. The highest BCUT2D eigenvalue weighted by atomic mass is 28.4. The average molecular weight is 226 g/mol. The van der Waals surface area contributed by atoms with Crippen LogP contribution in [0.25, 0.3) is 0 Å². The van der Waals surface area contributed by atoms with Crippen LogP contribution in [-0.2, 0) is 17.7 Å². The largest absolute Gasteiger partial charge is 0.679 e. The molecule has 0 saturated carbocycles. The first-order chi connectivity index (χ1) is 6.24. The van der Waals surface area contributed by atoms with Gasteiger partial charge in [-0.05, 0) is 12.8 Å². The van der Waals surface area contributed by atoms with Crippen LogP contribution >= 0.6 is 0 Å². The summed E-state index contributed by atoms with van der Waals surface area (Å²) in [6.07, 6.45) is 1.86. The second kappa shape index (κ2) is 9.57. The molecular formula is C8H22O5Si. The van der Waals surface area contributed by atoms with Crippen molar-refractivity contribution in [2.75, 3.05) is 27.4 Å². The summed E-state index contributed by atoms with van der Waals surface area (Å²) in [7, 11) is 0.328. The third-order valence-corrected chi connectivity index (χ3v) is 3.58. The molecule has 0 radical (unpaired) electrons. The predicted octanol–water partition coefficient (Wildman–Crippen LogP) is 0.743. The Bertz CT molecular complexity index is 108. The Morgan fingerprint density at radius 2 is 1.21 bits per heavy atom. The van der Waals surface area contributed by atoms with Gasteiger partial charge in [-0.3, -0.25) is 0 Å². The summed E-state index contributed by atoms with van der Waals surface area (Å²) in [5, 5.41) is 0. The maximum atomic E-state index is 5.45. The normalized spacial score (nSPS) is 11.1. The van der Waals surface area contributed by atoms with Gasteiger partial charge in [-0.25, -0.2) is 0 Å². The van der Waals surface area contributed by atoms with E-state index in [9.17, 15) is 0 Å². The minimum absolute atomic E-state index is 0. The summed E-state index contributed by atoms with van der Waals surface area (Å²) in [6, 6.07) is 0. The molecule has 0 bridgehead atoms. The second-order valence-corrected chi connectivity index (χ2v) is 5.00. The molecule has 2 N–H and O–H groups in total. The number of hydrogen-bond donors (Lipinski definition) is 0. The van der Waals surface area contributed by atoms with Crippen molar-refractivity contribution >= 4 is 9.05 Å². The quantitative estimate of drug-likeness (QED) is 0.573. The molecule has 0 spiro atoms. The van der Waals surface area contributed by atoms with E-state index in [0.29, 0.717) is 13.2 Å². The molecule has 0 saturated heterocycles. The van der Waals surface area contributed by atoms with Gasteiger partial charge in [0.1, 0.15) is 0 Å².